The number of hydrogen-bond donors (Lipinski definition) is 2. The summed E-state index contributed by atoms with van der Waals surface area (Å²) in [5.74, 6) is 0.0211. The zero-order chi connectivity index (χ0) is 14.4. The van der Waals surface area contributed by atoms with Crippen molar-refractivity contribution in [2.45, 2.75) is 45.7 Å². The van der Waals surface area contributed by atoms with Crippen LogP contribution in [0.4, 0.5) is 5.69 Å². The average molecular weight is 392 g/mol. The smallest absolute Gasteiger partial charge is 0.242 e. The van der Waals surface area contributed by atoms with Crippen LogP contribution in [-0.4, -0.2) is 18.0 Å². The van der Waals surface area contributed by atoms with Crippen molar-refractivity contribution in [1.82, 2.24) is 5.32 Å². The molecular weight excluding hydrogens is 372 g/mol. The van der Waals surface area contributed by atoms with Crippen molar-refractivity contribution < 1.29 is 4.79 Å². The lowest BCUT2D eigenvalue weighted by Gasteiger charge is -2.19. The molecule has 1 aromatic carbocycles. The third kappa shape index (κ3) is 5.53. The summed E-state index contributed by atoms with van der Waals surface area (Å²) in [6.07, 6.45) is 2.07. The normalized spacial score (nSPS) is 13.7. The fourth-order valence-electron chi connectivity index (χ4n) is 1.78. The van der Waals surface area contributed by atoms with Crippen LogP contribution in [0, 0.1) is 0 Å². The molecule has 106 valence electrons. The summed E-state index contributed by atoms with van der Waals surface area (Å²) in [5, 5.41) is 6.22. The summed E-state index contributed by atoms with van der Waals surface area (Å²) in [5.41, 5.74) is 0.903. The first-order valence-electron chi connectivity index (χ1n) is 6.46. The van der Waals surface area contributed by atoms with Crippen LogP contribution in [0.3, 0.4) is 0 Å². The van der Waals surface area contributed by atoms with Crippen molar-refractivity contribution in [3.05, 3.63) is 27.1 Å². The Balaban J connectivity index is 2.61. The number of carbonyl (C=O) groups excluding carboxylic acids is 1. The first kappa shape index (κ1) is 16.5. The highest BCUT2D eigenvalue weighted by Crippen LogP contribution is 2.26. The van der Waals surface area contributed by atoms with Crippen LogP contribution in [0.15, 0.2) is 27.1 Å². The lowest BCUT2D eigenvalue weighted by atomic mass is 10.2. The zero-order valence-electron chi connectivity index (χ0n) is 11.5. The summed E-state index contributed by atoms with van der Waals surface area (Å²) >= 11 is 6.89. The van der Waals surface area contributed by atoms with Crippen LogP contribution in [0.5, 0.6) is 0 Å². The van der Waals surface area contributed by atoms with Crippen molar-refractivity contribution in [2.24, 2.45) is 0 Å². The molecule has 0 spiro atoms. The molecule has 0 radical (unpaired) electrons. The molecule has 2 N–H and O–H groups in total. The Morgan fingerprint density at radius 2 is 2.00 bits per heavy atom. The molecule has 1 rings (SSSR count). The minimum Gasteiger partial charge on any atom is -0.373 e. The Labute approximate surface area is 131 Å². The molecule has 0 fully saturated rings. The van der Waals surface area contributed by atoms with Gasteiger partial charge in [0.25, 0.3) is 0 Å². The fraction of sp³-hybridized carbons (Fsp3) is 0.500. The van der Waals surface area contributed by atoms with E-state index in [1.165, 1.54) is 0 Å². The predicted octanol–water partition coefficient (Wildman–Crippen LogP) is 4.32. The van der Waals surface area contributed by atoms with Gasteiger partial charge in [0.05, 0.1) is 5.69 Å². The molecule has 0 aromatic heterocycles. The summed E-state index contributed by atoms with van der Waals surface area (Å²) in [7, 11) is 0. The van der Waals surface area contributed by atoms with E-state index in [9.17, 15) is 4.79 Å². The first-order valence-corrected chi connectivity index (χ1v) is 8.04. The number of rotatable bonds is 6. The number of benzene rings is 1. The molecule has 1 aromatic rings. The molecule has 0 aliphatic heterocycles. The van der Waals surface area contributed by atoms with Gasteiger partial charge in [-0.15, -0.1) is 0 Å². The second-order valence-electron chi connectivity index (χ2n) is 4.69. The van der Waals surface area contributed by atoms with E-state index < -0.39 is 0 Å². The maximum Gasteiger partial charge on any atom is 0.242 e. The van der Waals surface area contributed by atoms with Gasteiger partial charge in [0.15, 0.2) is 0 Å². The standard InChI is InChI=1S/C14H20Br2N2O/c1-4-5-9(2)17-14(19)10(3)18-13-8-11(15)6-7-12(13)16/h6-10,18H,4-5H2,1-3H3,(H,17,19). The number of carbonyl (C=O) groups is 1. The van der Waals surface area contributed by atoms with Gasteiger partial charge in [0.2, 0.25) is 5.91 Å². The van der Waals surface area contributed by atoms with Crippen LogP contribution in [0.25, 0.3) is 0 Å². The van der Waals surface area contributed by atoms with Crippen LogP contribution in [0.2, 0.25) is 0 Å². The van der Waals surface area contributed by atoms with E-state index in [0.717, 1.165) is 27.5 Å². The van der Waals surface area contributed by atoms with Gasteiger partial charge in [-0.25, -0.2) is 0 Å². The predicted molar refractivity (Wildman–Crippen MR) is 87.4 cm³/mol. The van der Waals surface area contributed by atoms with E-state index in [1.807, 2.05) is 32.0 Å². The van der Waals surface area contributed by atoms with E-state index in [0.29, 0.717) is 0 Å². The van der Waals surface area contributed by atoms with Gasteiger partial charge in [0, 0.05) is 15.0 Å². The van der Waals surface area contributed by atoms with Crippen molar-refractivity contribution in [3.8, 4) is 0 Å². The summed E-state index contributed by atoms with van der Waals surface area (Å²) < 4.78 is 1.92. The lowest BCUT2D eigenvalue weighted by Crippen LogP contribution is -2.42. The van der Waals surface area contributed by atoms with Crippen LogP contribution >= 0.6 is 31.9 Å². The number of hydrogen-bond acceptors (Lipinski definition) is 2. The van der Waals surface area contributed by atoms with E-state index in [2.05, 4.69) is 49.4 Å². The van der Waals surface area contributed by atoms with Gasteiger partial charge in [-0.3, -0.25) is 4.79 Å². The molecular formula is C14H20Br2N2O. The summed E-state index contributed by atoms with van der Waals surface area (Å²) in [6.45, 7) is 6.01. The maximum atomic E-state index is 12.0. The molecule has 0 aliphatic rings. The minimum absolute atomic E-state index is 0.0211. The molecule has 0 bridgehead atoms. The SMILES string of the molecule is CCCC(C)NC(=O)C(C)Nc1cc(Br)ccc1Br. The number of amides is 1. The quantitative estimate of drug-likeness (QED) is 0.758. The molecule has 2 atom stereocenters. The lowest BCUT2D eigenvalue weighted by molar-refractivity contribution is -0.122. The second kappa shape index (κ2) is 7.90. The molecule has 5 heteroatoms. The Hall–Kier alpha value is -0.550. The summed E-state index contributed by atoms with van der Waals surface area (Å²) in [6, 6.07) is 5.78. The number of anilines is 1. The topological polar surface area (TPSA) is 41.1 Å². The molecule has 3 nitrogen and oxygen atoms in total. The zero-order valence-corrected chi connectivity index (χ0v) is 14.6. The maximum absolute atomic E-state index is 12.0. The van der Waals surface area contributed by atoms with E-state index >= 15 is 0 Å². The first-order chi connectivity index (χ1) is 8.93. The average Bonchev–Trinajstić information content (AvgIpc) is 2.34. The van der Waals surface area contributed by atoms with Crippen molar-refractivity contribution in [3.63, 3.8) is 0 Å². The fourth-order valence-corrected chi connectivity index (χ4v) is 2.50. The Morgan fingerprint density at radius 1 is 1.32 bits per heavy atom. The molecule has 1 amide bonds. The number of nitrogens with one attached hydrogen (secondary N) is 2. The van der Waals surface area contributed by atoms with Crippen molar-refractivity contribution in [2.75, 3.05) is 5.32 Å². The van der Waals surface area contributed by atoms with E-state index in [4.69, 9.17) is 0 Å². The monoisotopic (exact) mass is 390 g/mol. The molecule has 19 heavy (non-hydrogen) atoms. The van der Waals surface area contributed by atoms with Gasteiger partial charge in [0.1, 0.15) is 6.04 Å². The largest absolute Gasteiger partial charge is 0.373 e. The number of halogens is 2. The summed E-state index contributed by atoms with van der Waals surface area (Å²) in [4.78, 5) is 12.0. The molecule has 0 saturated heterocycles. The third-order valence-electron chi connectivity index (χ3n) is 2.80. The van der Waals surface area contributed by atoms with Gasteiger partial charge >= 0.3 is 0 Å². The van der Waals surface area contributed by atoms with E-state index in [1.54, 1.807) is 0 Å². The molecule has 0 aliphatic carbocycles. The van der Waals surface area contributed by atoms with Gasteiger partial charge in [-0.2, -0.15) is 0 Å². The van der Waals surface area contributed by atoms with Crippen LogP contribution < -0.4 is 10.6 Å². The highest BCUT2D eigenvalue weighted by Gasteiger charge is 2.15. The van der Waals surface area contributed by atoms with Gasteiger partial charge < -0.3 is 10.6 Å². The van der Waals surface area contributed by atoms with E-state index in [-0.39, 0.29) is 18.0 Å². The second-order valence-corrected chi connectivity index (χ2v) is 6.46. The Morgan fingerprint density at radius 3 is 2.63 bits per heavy atom. The van der Waals surface area contributed by atoms with Gasteiger partial charge in [-0.1, -0.05) is 29.3 Å². The molecule has 0 saturated carbocycles. The van der Waals surface area contributed by atoms with Crippen molar-refractivity contribution in [1.29, 1.82) is 0 Å². The van der Waals surface area contributed by atoms with Crippen molar-refractivity contribution >= 4 is 43.5 Å². The third-order valence-corrected chi connectivity index (χ3v) is 3.99. The van der Waals surface area contributed by atoms with Crippen LogP contribution in [0.1, 0.15) is 33.6 Å². The molecule has 2 unspecified atom stereocenters. The highest BCUT2D eigenvalue weighted by molar-refractivity contribution is 9.11. The minimum atomic E-state index is -0.273. The highest BCUT2D eigenvalue weighted by atomic mass is 79.9. The Bertz CT molecular complexity index is 437. The van der Waals surface area contributed by atoms with Gasteiger partial charge in [-0.05, 0) is 54.4 Å². The van der Waals surface area contributed by atoms with Crippen LogP contribution in [-0.2, 0) is 4.79 Å². The Kier molecular flexibility index (Phi) is 6.86. The molecule has 0 heterocycles.